The smallest absolute Gasteiger partial charge is 0.354 e. The fourth-order valence-electron chi connectivity index (χ4n) is 3.39. The zero-order valence-corrected chi connectivity index (χ0v) is 17.1. The number of aromatic nitrogens is 1. The van der Waals surface area contributed by atoms with E-state index in [1.54, 1.807) is 6.92 Å². The van der Waals surface area contributed by atoms with Crippen molar-refractivity contribution >= 4 is 27.6 Å². The van der Waals surface area contributed by atoms with Crippen LogP contribution in [0.15, 0.2) is 35.4 Å². The summed E-state index contributed by atoms with van der Waals surface area (Å²) in [5.41, 5.74) is 1.05. The third kappa shape index (κ3) is 4.03. The number of aryl methyl sites for hydroxylation is 2. The van der Waals surface area contributed by atoms with E-state index >= 15 is 0 Å². The molecule has 2 heterocycles. The molecule has 1 aromatic heterocycles. The van der Waals surface area contributed by atoms with Gasteiger partial charge in [-0.2, -0.15) is 4.31 Å². The predicted octanol–water partition coefficient (Wildman–Crippen LogP) is 2.05. The number of nitrogens with zero attached hydrogens (tertiary/aromatic N) is 2. The summed E-state index contributed by atoms with van der Waals surface area (Å²) in [5, 5.41) is 2.69. The standard InChI is InChI=1S/C19H22FN3O5S/c1-12-9-13(20)6-7-15(12)21-18(24)16-5-4-8-23(16)29(26,27)14-10-17(19(25)28-3)22(2)11-14/h6-7,9-11,16H,4-5,8H2,1-3H3,(H,21,24). The highest BCUT2D eigenvalue weighted by atomic mass is 32.2. The summed E-state index contributed by atoms with van der Waals surface area (Å²) in [7, 11) is -1.25. The Labute approximate surface area is 168 Å². The number of carbonyl (C=O) groups excluding carboxylic acids is 2. The van der Waals surface area contributed by atoms with E-state index in [4.69, 9.17) is 0 Å². The Hall–Kier alpha value is -2.72. The van der Waals surface area contributed by atoms with Crippen molar-refractivity contribution in [2.45, 2.75) is 30.7 Å². The quantitative estimate of drug-likeness (QED) is 0.743. The first-order valence-electron chi connectivity index (χ1n) is 8.98. The van der Waals surface area contributed by atoms with Crippen molar-refractivity contribution in [1.29, 1.82) is 0 Å². The second-order valence-corrected chi connectivity index (χ2v) is 8.78. The highest BCUT2D eigenvalue weighted by molar-refractivity contribution is 7.89. The molecule has 1 atom stereocenters. The van der Waals surface area contributed by atoms with Gasteiger partial charge < -0.3 is 14.6 Å². The molecule has 10 heteroatoms. The number of amides is 1. The SMILES string of the molecule is COC(=O)c1cc(S(=O)(=O)N2CCCC2C(=O)Nc2ccc(F)cc2C)cn1C. The molecule has 156 valence electrons. The van der Waals surface area contributed by atoms with Crippen LogP contribution in [-0.4, -0.2) is 48.9 Å². The van der Waals surface area contributed by atoms with E-state index in [9.17, 15) is 22.4 Å². The fourth-order valence-corrected chi connectivity index (χ4v) is 5.12. The lowest BCUT2D eigenvalue weighted by Gasteiger charge is -2.23. The lowest BCUT2D eigenvalue weighted by Crippen LogP contribution is -2.43. The van der Waals surface area contributed by atoms with Gasteiger partial charge >= 0.3 is 5.97 Å². The number of esters is 1. The third-order valence-electron chi connectivity index (χ3n) is 4.93. The number of benzene rings is 1. The molecule has 1 aromatic carbocycles. The highest BCUT2D eigenvalue weighted by Gasteiger charge is 2.40. The molecular weight excluding hydrogens is 401 g/mol. The highest BCUT2D eigenvalue weighted by Crippen LogP contribution is 2.28. The summed E-state index contributed by atoms with van der Waals surface area (Å²) < 4.78 is 46.7. The van der Waals surface area contributed by atoms with Crippen LogP contribution >= 0.6 is 0 Å². The molecule has 0 radical (unpaired) electrons. The van der Waals surface area contributed by atoms with Crippen molar-refractivity contribution in [3.8, 4) is 0 Å². The number of anilines is 1. The minimum Gasteiger partial charge on any atom is -0.464 e. The van der Waals surface area contributed by atoms with E-state index < -0.39 is 33.8 Å². The van der Waals surface area contributed by atoms with Crippen LogP contribution in [0.4, 0.5) is 10.1 Å². The molecule has 2 aromatic rings. The molecule has 1 fully saturated rings. The van der Waals surface area contributed by atoms with Gasteiger partial charge in [-0.25, -0.2) is 17.6 Å². The molecule has 3 rings (SSSR count). The maximum Gasteiger partial charge on any atom is 0.354 e. The van der Waals surface area contributed by atoms with Crippen LogP contribution in [0.25, 0.3) is 0 Å². The number of sulfonamides is 1. The van der Waals surface area contributed by atoms with Crippen LogP contribution in [0, 0.1) is 12.7 Å². The molecular formula is C19H22FN3O5S. The lowest BCUT2D eigenvalue weighted by atomic mass is 10.1. The largest absolute Gasteiger partial charge is 0.464 e. The Balaban J connectivity index is 1.85. The Kier molecular flexibility index (Phi) is 5.76. The van der Waals surface area contributed by atoms with Crippen molar-refractivity contribution in [3.05, 3.63) is 47.5 Å². The molecule has 1 aliphatic heterocycles. The Morgan fingerprint density at radius 1 is 1.28 bits per heavy atom. The number of methoxy groups -OCH3 is 1. The predicted molar refractivity (Wildman–Crippen MR) is 103 cm³/mol. The molecule has 1 saturated heterocycles. The van der Waals surface area contributed by atoms with Crippen molar-refractivity contribution in [2.75, 3.05) is 19.0 Å². The van der Waals surface area contributed by atoms with Gasteiger partial charge in [0, 0.05) is 25.5 Å². The van der Waals surface area contributed by atoms with Crippen LogP contribution in [0.5, 0.6) is 0 Å². The van der Waals surface area contributed by atoms with Crippen LogP contribution in [-0.2, 0) is 26.6 Å². The van der Waals surface area contributed by atoms with Gasteiger partial charge in [-0.15, -0.1) is 0 Å². The minimum atomic E-state index is -4.00. The summed E-state index contributed by atoms with van der Waals surface area (Å²) in [6.45, 7) is 1.84. The average Bonchev–Trinajstić information content (AvgIpc) is 3.31. The van der Waals surface area contributed by atoms with Gasteiger partial charge in [0.15, 0.2) is 0 Å². The van der Waals surface area contributed by atoms with E-state index in [0.717, 1.165) is 4.31 Å². The molecule has 1 unspecified atom stereocenters. The number of halogens is 1. The fraction of sp³-hybridized carbons (Fsp3) is 0.368. The van der Waals surface area contributed by atoms with Crippen LogP contribution < -0.4 is 5.32 Å². The van der Waals surface area contributed by atoms with Crippen LogP contribution in [0.3, 0.4) is 0 Å². The summed E-state index contributed by atoms with van der Waals surface area (Å²) in [6.07, 6.45) is 2.21. The molecule has 0 bridgehead atoms. The zero-order chi connectivity index (χ0) is 21.3. The number of nitrogens with one attached hydrogen (secondary N) is 1. The third-order valence-corrected chi connectivity index (χ3v) is 6.81. The maximum absolute atomic E-state index is 13.3. The van der Waals surface area contributed by atoms with Crippen molar-refractivity contribution in [1.82, 2.24) is 8.87 Å². The number of carbonyl (C=O) groups is 2. The summed E-state index contributed by atoms with van der Waals surface area (Å²) in [4.78, 5) is 24.5. The average molecular weight is 423 g/mol. The number of hydrogen-bond donors (Lipinski definition) is 1. The zero-order valence-electron chi connectivity index (χ0n) is 16.3. The maximum atomic E-state index is 13.3. The second-order valence-electron chi connectivity index (χ2n) is 6.89. The van der Waals surface area contributed by atoms with Crippen LogP contribution in [0.1, 0.15) is 28.9 Å². The van der Waals surface area contributed by atoms with E-state index in [-0.39, 0.29) is 17.1 Å². The number of hydrogen-bond acceptors (Lipinski definition) is 5. The molecule has 0 aliphatic carbocycles. The van der Waals surface area contributed by atoms with Gasteiger partial charge in [-0.3, -0.25) is 4.79 Å². The summed E-state index contributed by atoms with van der Waals surface area (Å²) in [5.74, 6) is -1.56. The molecule has 1 aliphatic rings. The Morgan fingerprint density at radius 3 is 2.66 bits per heavy atom. The first kappa shape index (κ1) is 21.0. The molecule has 1 amide bonds. The second kappa shape index (κ2) is 7.96. The first-order chi connectivity index (χ1) is 13.6. The molecule has 8 nitrogen and oxygen atoms in total. The van der Waals surface area contributed by atoms with E-state index in [1.165, 1.54) is 49.2 Å². The summed E-state index contributed by atoms with van der Waals surface area (Å²) >= 11 is 0. The van der Waals surface area contributed by atoms with Gasteiger partial charge in [-0.1, -0.05) is 0 Å². The van der Waals surface area contributed by atoms with Gasteiger partial charge in [0.25, 0.3) is 0 Å². The van der Waals surface area contributed by atoms with E-state index in [0.29, 0.717) is 24.1 Å². The lowest BCUT2D eigenvalue weighted by molar-refractivity contribution is -0.119. The normalized spacial score (nSPS) is 17.3. The van der Waals surface area contributed by atoms with Crippen molar-refractivity contribution in [2.24, 2.45) is 7.05 Å². The molecule has 0 spiro atoms. The minimum absolute atomic E-state index is 0.0851. The first-order valence-corrected chi connectivity index (χ1v) is 10.4. The monoisotopic (exact) mass is 423 g/mol. The topological polar surface area (TPSA) is 97.7 Å². The van der Waals surface area contributed by atoms with Gasteiger partial charge in [0.1, 0.15) is 22.4 Å². The van der Waals surface area contributed by atoms with Crippen molar-refractivity contribution < 1.29 is 27.1 Å². The molecule has 29 heavy (non-hydrogen) atoms. The summed E-state index contributed by atoms with van der Waals surface area (Å²) in [6, 6.07) is 4.29. The van der Waals surface area contributed by atoms with Crippen molar-refractivity contribution in [3.63, 3.8) is 0 Å². The van der Waals surface area contributed by atoms with Crippen LogP contribution in [0.2, 0.25) is 0 Å². The van der Waals surface area contributed by atoms with E-state index in [2.05, 4.69) is 10.1 Å². The molecule has 1 N–H and O–H groups in total. The number of ether oxygens (including phenoxy) is 1. The van der Waals surface area contributed by atoms with E-state index in [1.807, 2.05) is 0 Å². The number of rotatable bonds is 5. The molecule has 0 saturated carbocycles. The van der Waals surface area contributed by atoms with Gasteiger partial charge in [-0.05, 0) is 49.6 Å². The van der Waals surface area contributed by atoms with Gasteiger partial charge in [0.05, 0.1) is 7.11 Å². The van der Waals surface area contributed by atoms with Gasteiger partial charge in [0.2, 0.25) is 15.9 Å². The Morgan fingerprint density at radius 2 is 2.00 bits per heavy atom. The Bertz CT molecular complexity index is 1060.